The van der Waals surface area contributed by atoms with Crippen LogP contribution < -0.4 is 0 Å². The molecule has 1 atom stereocenters. The number of benzene rings is 1. The molecule has 0 fully saturated rings. The first-order valence-corrected chi connectivity index (χ1v) is 7.09. The molecule has 0 saturated carbocycles. The lowest BCUT2D eigenvalue weighted by Gasteiger charge is -2.26. The lowest BCUT2D eigenvalue weighted by atomic mass is 10.1. The molecule has 6 nitrogen and oxygen atoms in total. The summed E-state index contributed by atoms with van der Waals surface area (Å²) in [6.45, 7) is 0.0887. The highest BCUT2D eigenvalue weighted by Gasteiger charge is 2.38. The number of nitrogens with zero attached hydrogens (tertiary/aromatic N) is 2. The Morgan fingerprint density at radius 1 is 1.29 bits per heavy atom. The second-order valence-electron chi connectivity index (χ2n) is 4.56. The van der Waals surface area contributed by atoms with Crippen LogP contribution in [-0.4, -0.2) is 38.9 Å². The molecule has 106 valence electrons. The van der Waals surface area contributed by atoms with E-state index in [0.29, 0.717) is 11.3 Å². The number of thioether (sulfide) groups is 1. The summed E-state index contributed by atoms with van der Waals surface area (Å²) in [6.07, 6.45) is 1.67. The Hall–Kier alpha value is -2.41. The predicted molar refractivity (Wildman–Crippen MR) is 77.3 cm³/mol. The van der Waals surface area contributed by atoms with Gasteiger partial charge in [-0.05, 0) is 29.2 Å². The van der Waals surface area contributed by atoms with Gasteiger partial charge in [-0.1, -0.05) is 12.1 Å². The predicted octanol–water partition coefficient (Wildman–Crippen LogP) is 1.92. The van der Waals surface area contributed by atoms with Crippen molar-refractivity contribution in [3.63, 3.8) is 0 Å². The fourth-order valence-corrected chi connectivity index (χ4v) is 3.00. The van der Waals surface area contributed by atoms with Crippen LogP contribution in [0, 0.1) is 0 Å². The van der Waals surface area contributed by atoms with Gasteiger partial charge >= 0.3 is 12.0 Å². The van der Waals surface area contributed by atoms with E-state index in [-0.39, 0.29) is 18.0 Å². The summed E-state index contributed by atoms with van der Waals surface area (Å²) in [5.41, 5.74) is 1.33. The van der Waals surface area contributed by atoms with Gasteiger partial charge in [-0.3, -0.25) is 9.69 Å². The van der Waals surface area contributed by atoms with Crippen LogP contribution in [0.2, 0.25) is 0 Å². The number of aromatic carboxylic acids is 1. The van der Waals surface area contributed by atoms with E-state index in [9.17, 15) is 14.4 Å². The van der Waals surface area contributed by atoms with Crippen molar-refractivity contribution < 1.29 is 19.5 Å². The van der Waals surface area contributed by atoms with Crippen LogP contribution >= 0.6 is 11.8 Å². The molecule has 2 aliphatic heterocycles. The molecule has 1 aromatic rings. The first-order chi connectivity index (χ1) is 10.1. The lowest BCUT2D eigenvalue weighted by Crippen LogP contribution is -2.46. The van der Waals surface area contributed by atoms with Crippen molar-refractivity contribution in [3.05, 3.63) is 46.9 Å². The summed E-state index contributed by atoms with van der Waals surface area (Å²) in [4.78, 5) is 39.9. The second kappa shape index (κ2) is 5.17. The molecule has 0 spiro atoms. The van der Waals surface area contributed by atoms with E-state index >= 15 is 0 Å². The summed E-state index contributed by atoms with van der Waals surface area (Å²) < 4.78 is 0. The van der Waals surface area contributed by atoms with Crippen molar-refractivity contribution >= 4 is 35.4 Å². The lowest BCUT2D eigenvalue weighted by molar-refractivity contribution is -0.127. The number of aliphatic imine (C=N–C) groups is 1. The molecule has 3 amide bonds. The third kappa shape index (κ3) is 2.47. The van der Waals surface area contributed by atoms with Crippen molar-refractivity contribution in [1.82, 2.24) is 4.90 Å². The normalized spacial score (nSPS) is 20.5. The molecule has 0 aliphatic carbocycles. The van der Waals surface area contributed by atoms with Crippen molar-refractivity contribution in [2.45, 2.75) is 11.8 Å². The van der Waals surface area contributed by atoms with Crippen LogP contribution in [0.15, 0.2) is 40.7 Å². The minimum absolute atomic E-state index is 0.0887. The number of carbonyl (C=O) groups is 3. The number of carbonyl (C=O) groups excluding carboxylic acids is 2. The third-order valence-electron chi connectivity index (χ3n) is 3.21. The summed E-state index contributed by atoms with van der Waals surface area (Å²) in [7, 11) is 0. The number of allylic oxidation sites excluding steroid dienone is 1. The van der Waals surface area contributed by atoms with Crippen LogP contribution in [0.3, 0.4) is 0 Å². The molecule has 0 saturated heterocycles. The highest BCUT2D eigenvalue weighted by molar-refractivity contribution is 8.04. The van der Waals surface area contributed by atoms with Crippen LogP contribution in [0.1, 0.15) is 15.9 Å². The van der Waals surface area contributed by atoms with E-state index in [1.54, 1.807) is 23.6 Å². The van der Waals surface area contributed by atoms with Gasteiger partial charge in [-0.2, -0.15) is 4.99 Å². The summed E-state index contributed by atoms with van der Waals surface area (Å²) in [5.74, 6) is -1.31. The van der Waals surface area contributed by atoms with Crippen molar-refractivity contribution in [1.29, 1.82) is 0 Å². The number of amides is 3. The Balaban J connectivity index is 1.80. The standard InChI is InChI=1S/C14H10N2O4S/c17-12-11-10(5-6-21-11)15-14(20)16(12)7-8-1-3-9(4-2-8)13(18)19/h1-6,11H,7H2,(H,18,19). The Morgan fingerprint density at radius 2 is 2.00 bits per heavy atom. The summed E-state index contributed by atoms with van der Waals surface area (Å²) in [5, 5.41) is 10.1. The highest BCUT2D eigenvalue weighted by atomic mass is 32.2. The molecule has 21 heavy (non-hydrogen) atoms. The molecule has 1 aromatic carbocycles. The van der Waals surface area contributed by atoms with E-state index < -0.39 is 17.3 Å². The van der Waals surface area contributed by atoms with Crippen molar-refractivity contribution in [2.75, 3.05) is 0 Å². The molecule has 2 heterocycles. The first kappa shape index (κ1) is 13.6. The van der Waals surface area contributed by atoms with E-state index in [4.69, 9.17) is 5.11 Å². The average molecular weight is 302 g/mol. The number of carboxylic acids is 1. The Labute approximate surface area is 124 Å². The van der Waals surface area contributed by atoms with Crippen LogP contribution in [0.25, 0.3) is 0 Å². The number of imide groups is 1. The van der Waals surface area contributed by atoms with Crippen molar-refractivity contribution in [2.24, 2.45) is 4.99 Å². The molecule has 3 rings (SSSR count). The largest absolute Gasteiger partial charge is 0.478 e. The average Bonchev–Trinajstić information content (AvgIpc) is 2.92. The van der Waals surface area contributed by atoms with Gasteiger partial charge < -0.3 is 5.11 Å². The third-order valence-corrected chi connectivity index (χ3v) is 4.22. The number of carboxylic acid groups (broad SMARTS) is 1. The molecule has 2 aliphatic rings. The first-order valence-electron chi connectivity index (χ1n) is 6.14. The zero-order chi connectivity index (χ0) is 15.0. The van der Waals surface area contributed by atoms with Crippen LogP contribution in [0.4, 0.5) is 4.79 Å². The van der Waals surface area contributed by atoms with E-state index in [1.165, 1.54) is 23.9 Å². The fourth-order valence-electron chi connectivity index (χ4n) is 2.11. The molecule has 0 bridgehead atoms. The Kier molecular flexibility index (Phi) is 3.34. The number of urea groups is 1. The van der Waals surface area contributed by atoms with Crippen LogP contribution in [0.5, 0.6) is 0 Å². The summed E-state index contributed by atoms with van der Waals surface area (Å²) >= 11 is 1.32. The van der Waals surface area contributed by atoms with Gasteiger partial charge in [0.2, 0.25) is 0 Å². The topological polar surface area (TPSA) is 87.0 Å². The number of hydrogen-bond acceptors (Lipinski definition) is 4. The summed E-state index contributed by atoms with van der Waals surface area (Å²) in [6, 6.07) is 5.47. The molecule has 7 heteroatoms. The van der Waals surface area contributed by atoms with Gasteiger partial charge in [0.25, 0.3) is 5.91 Å². The molecular formula is C14H10N2O4S. The van der Waals surface area contributed by atoms with Gasteiger partial charge in [0, 0.05) is 0 Å². The minimum Gasteiger partial charge on any atom is -0.478 e. The minimum atomic E-state index is -1.02. The smallest absolute Gasteiger partial charge is 0.350 e. The quantitative estimate of drug-likeness (QED) is 0.921. The van der Waals surface area contributed by atoms with E-state index in [1.807, 2.05) is 0 Å². The molecule has 1 N–H and O–H groups in total. The van der Waals surface area contributed by atoms with Gasteiger partial charge in [-0.15, -0.1) is 11.8 Å². The molecule has 0 aromatic heterocycles. The number of hydrogen-bond donors (Lipinski definition) is 1. The maximum atomic E-state index is 12.3. The van der Waals surface area contributed by atoms with Gasteiger partial charge in [0.1, 0.15) is 5.25 Å². The van der Waals surface area contributed by atoms with Gasteiger partial charge in [-0.25, -0.2) is 9.59 Å². The Morgan fingerprint density at radius 3 is 2.67 bits per heavy atom. The maximum Gasteiger partial charge on any atom is 0.350 e. The molecule has 0 radical (unpaired) electrons. The van der Waals surface area contributed by atoms with E-state index in [0.717, 1.165) is 4.90 Å². The molecular weight excluding hydrogens is 292 g/mol. The van der Waals surface area contributed by atoms with Crippen LogP contribution in [-0.2, 0) is 11.3 Å². The highest BCUT2D eigenvalue weighted by Crippen LogP contribution is 2.28. The van der Waals surface area contributed by atoms with Gasteiger partial charge in [0.05, 0.1) is 17.8 Å². The van der Waals surface area contributed by atoms with Crippen molar-refractivity contribution in [3.8, 4) is 0 Å². The number of rotatable bonds is 3. The number of fused-ring (bicyclic) bond motifs is 1. The van der Waals surface area contributed by atoms with E-state index in [2.05, 4.69) is 4.99 Å². The molecule has 1 unspecified atom stereocenters. The van der Waals surface area contributed by atoms with Gasteiger partial charge in [0.15, 0.2) is 0 Å². The Bertz CT molecular complexity index is 693. The fraction of sp³-hybridized carbons (Fsp3) is 0.143. The maximum absolute atomic E-state index is 12.3. The zero-order valence-corrected chi connectivity index (χ0v) is 11.5. The SMILES string of the molecule is O=C(O)c1ccc(CN2C(=O)N=C3C=CSC3C2=O)cc1. The zero-order valence-electron chi connectivity index (χ0n) is 10.7. The monoisotopic (exact) mass is 302 g/mol. The second-order valence-corrected chi connectivity index (χ2v) is 5.58.